The lowest BCUT2D eigenvalue weighted by atomic mass is 10.1. The molecule has 0 aliphatic heterocycles. The van der Waals surface area contributed by atoms with Crippen LogP contribution in [0.4, 0.5) is 10.2 Å². The van der Waals surface area contributed by atoms with Crippen LogP contribution in [0.3, 0.4) is 0 Å². The molecular weight excluding hydrogens is 313 g/mol. The molecule has 1 aromatic carbocycles. The Bertz CT molecular complexity index is 790. The maximum Gasteiger partial charge on any atom is 0.263 e. The van der Waals surface area contributed by atoms with E-state index in [-0.39, 0.29) is 15.7 Å². The zero-order chi connectivity index (χ0) is 15.6. The third-order valence-electron chi connectivity index (χ3n) is 2.74. The van der Waals surface area contributed by atoms with Crippen molar-refractivity contribution in [2.24, 2.45) is 5.73 Å². The summed E-state index contributed by atoms with van der Waals surface area (Å²) in [6.45, 7) is 1.71. The molecule has 0 aliphatic rings. The number of aryl methyl sites for hydroxylation is 1. The van der Waals surface area contributed by atoms with Crippen LogP contribution in [-0.4, -0.2) is 18.4 Å². The summed E-state index contributed by atoms with van der Waals surface area (Å²) in [5.41, 5.74) is 6.80. The molecule has 0 radical (unpaired) electrons. The van der Waals surface area contributed by atoms with Gasteiger partial charge in [-0.25, -0.2) is 17.8 Å². The first kappa shape index (κ1) is 15.3. The standard InChI is InChI=1S/C13H12FN3O2S2/c1-8-6-10(3-4-11(8)13(15)20)21(18,19)17-12-5-2-9(14)7-16-12/h2-7H,1H3,(H2,15,20)(H,16,17). The van der Waals surface area contributed by atoms with E-state index >= 15 is 0 Å². The monoisotopic (exact) mass is 325 g/mol. The Morgan fingerprint density at radius 3 is 2.57 bits per heavy atom. The lowest BCUT2D eigenvalue weighted by Crippen LogP contribution is -2.16. The van der Waals surface area contributed by atoms with Crippen LogP contribution in [0, 0.1) is 12.7 Å². The maximum atomic E-state index is 12.8. The summed E-state index contributed by atoms with van der Waals surface area (Å²) in [4.78, 5) is 3.90. The van der Waals surface area contributed by atoms with E-state index in [9.17, 15) is 12.8 Å². The van der Waals surface area contributed by atoms with Crippen molar-refractivity contribution in [1.82, 2.24) is 4.98 Å². The van der Waals surface area contributed by atoms with Crippen LogP contribution < -0.4 is 10.5 Å². The largest absolute Gasteiger partial charge is 0.389 e. The van der Waals surface area contributed by atoms with E-state index in [1.54, 1.807) is 13.0 Å². The number of anilines is 1. The fourth-order valence-corrected chi connectivity index (χ4v) is 3.03. The van der Waals surface area contributed by atoms with E-state index in [1.807, 2.05) is 0 Å². The van der Waals surface area contributed by atoms with Crippen LogP contribution in [-0.2, 0) is 10.0 Å². The Hall–Kier alpha value is -2.06. The van der Waals surface area contributed by atoms with Crippen LogP contribution in [0.15, 0.2) is 41.4 Å². The smallest absolute Gasteiger partial charge is 0.263 e. The van der Waals surface area contributed by atoms with Crippen molar-refractivity contribution in [3.8, 4) is 0 Å². The van der Waals surface area contributed by atoms with Crippen molar-refractivity contribution in [2.75, 3.05) is 4.72 Å². The Balaban J connectivity index is 2.33. The van der Waals surface area contributed by atoms with Gasteiger partial charge in [0.1, 0.15) is 16.6 Å². The Morgan fingerprint density at radius 1 is 1.33 bits per heavy atom. The van der Waals surface area contributed by atoms with Gasteiger partial charge in [0.05, 0.1) is 11.1 Å². The van der Waals surface area contributed by atoms with E-state index < -0.39 is 15.8 Å². The summed E-state index contributed by atoms with van der Waals surface area (Å²) in [7, 11) is -3.81. The number of nitrogens with two attached hydrogens (primary N) is 1. The second-order valence-corrected chi connectivity index (χ2v) is 6.43. The fraction of sp³-hybridized carbons (Fsp3) is 0.0769. The number of nitrogens with one attached hydrogen (secondary N) is 1. The molecule has 3 N–H and O–H groups in total. The number of benzene rings is 1. The number of pyridine rings is 1. The van der Waals surface area contributed by atoms with E-state index in [2.05, 4.69) is 9.71 Å². The van der Waals surface area contributed by atoms with Crippen LogP contribution >= 0.6 is 12.2 Å². The third-order valence-corrected chi connectivity index (χ3v) is 4.31. The number of hydrogen-bond donors (Lipinski definition) is 2. The lowest BCUT2D eigenvalue weighted by molar-refractivity contribution is 0.600. The second kappa shape index (κ2) is 5.74. The van der Waals surface area contributed by atoms with Crippen molar-refractivity contribution in [2.45, 2.75) is 11.8 Å². The Labute approximate surface area is 127 Å². The van der Waals surface area contributed by atoms with E-state index in [1.165, 1.54) is 18.2 Å². The van der Waals surface area contributed by atoms with Gasteiger partial charge in [-0.2, -0.15) is 0 Å². The molecule has 0 amide bonds. The number of halogens is 1. The van der Waals surface area contributed by atoms with Gasteiger partial charge in [0.15, 0.2) is 0 Å². The van der Waals surface area contributed by atoms with Crippen molar-refractivity contribution in [3.63, 3.8) is 0 Å². The van der Waals surface area contributed by atoms with Gasteiger partial charge in [0.25, 0.3) is 10.0 Å². The molecule has 110 valence electrons. The molecule has 5 nitrogen and oxygen atoms in total. The number of nitrogens with zero attached hydrogens (tertiary/aromatic N) is 1. The molecule has 8 heteroatoms. The summed E-state index contributed by atoms with van der Waals surface area (Å²) >= 11 is 4.87. The molecule has 0 unspecified atom stereocenters. The zero-order valence-electron chi connectivity index (χ0n) is 11.0. The van der Waals surface area contributed by atoms with Gasteiger partial charge >= 0.3 is 0 Å². The predicted octanol–water partition coefficient (Wildman–Crippen LogP) is 1.96. The minimum Gasteiger partial charge on any atom is -0.389 e. The molecule has 0 saturated carbocycles. The van der Waals surface area contributed by atoms with E-state index in [0.29, 0.717) is 11.1 Å². The predicted molar refractivity (Wildman–Crippen MR) is 82.1 cm³/mol. The minimum absolute atomic E-state index is 0.0347. The summed E-state index contributed by atoms with van der Waals surface area (Å²) < 4.78 is 39.4. The highest BCUT2D eigenvalue weighted by atomic mass is 32.2. The molecule has 0 fully saturated rings. The maximum absolute atomic E-state index is 12.8. The number of rotatable bonds is 4. The summed E-state index contributed by atoms with van der Waals surface area (Å²) in [6.07, 6.45) is 0.930. The molecule has 0 atom stereocenters. The van der Waals surface area contributed by atoms with Gasteiger partial charge in [-0.3, -0.25) is 4.72 Å². The number of thiocarbonyl (C=S) groups is 1. The van der Waals surface area contributed by atoms with Crippen LogP contribution in [0.2, 0.25) is 0 Å². The van der Waals surface area contributed by atoms with E-state index in [0.717, 1.165) is 12.3 Å². The average molecular weight is 325 g/mol. The first-order valence-electron chi connectivity index (χ1n) is 5.84. The molecular formula is C13H12FN3O2S2. The van der Waals surface area contributed by atoms with Crippen molar-refractivity contribution < 1.29 is 12.8 Å². The van der Waals surface area contributed by atoms with Gasteiger partial charge in [-0.1, -0.05) is 18.3 Å². The number of aromatic nitrogens is 1. The van der Waals surface area contributed by atoms with Gasteiger partial charge in [0, 0.05) is 5.56 Å². The molecule has 2 rings (SSSR count). The molecule has 21 heavy (non-hydrogen) atoms. The summed E-state index contributed by atoms with van der Waals surface area (Å²) in [5, 5.41) is 0. The molecule has 0 aliphatic carbocycles. The minimum atomic E-state index is -3.81. The fourth-order valence-electron chi connectivity index (χ4n) is 1.71. The molecule has 1 heterocycles. The highest BCUT2D eigenvalue weighted by Crippen LogP contribution is 2.18. The van der Waals surface area contributed by atoms with Gasteiger partial charge in [0.2, 0.25) is 0 Å². The van der Waals surface area contributed by atoms with Crippen molar-refractivity contribution in [1.29, 1.82) is 0 Å². The van der Waals surface area contributed by atoms with Crippen molar-refractivity contribution >= 4 is 33.0 Å². The highest BCUT2D eigenvalue weighted by molar-refractivity contribution is 7.92. The molecule has 0 bridgehead atoms. The van der Waals surface area contributed by atoms with Gasteiger partial charge in [-0.05, 0) is 36.8 Å². The third kappa shape index (κ3) is 3.53. The van der Waals surface area contributed by atoms with E-state index in [4.69, 9.17) is 18.0 Å². The molecule has 1 aromatic heterocycles. The summed E-state index contributed by atoms with van der Waals surface area (Å²) in [5.74, 6) is -0.512. The number of hydrogen-bond acceptors (Lipinski definition) is 4. The summed E-state index contributed by atoms with van der Waals surface area (Å²) in [6, 6.07) is 6.76. The second-order valence-electron chi connectivity index (χ2n) is 4.31. The van der Waals surface area contributed by atoms with Gasteiger partial charge < -0.3 is 5.73 Å². The zero-order valence-corrected chi connectivity index (χ0v) is 12.6. The van der Waals surface area contributed by atoms with Crippen LogP contribution in [0.1, 0.15) is 11.1 Å². The number of sulfonamides is 1. The molecule has 0 saturated heterocycles. The van der Waals surface area contributed by atoms with Crippen LogP contribution in [0.25, 0.3) is 0 Å². The Kier molecular flexibility index (Phi) is 4.19. The Morgan fingerprint density at radius 2 is 2.05 bits per heavy atom. The first-order valence-corrected chi connectivity index (χ1v) is 7.73. The van der Waals surface area contributed by atoms with Gasteiger partial charge in [-0.15, -0.1) is 0 Å². The lowest BCUT2D eigenvalue weighted by Gasteiger charge is -2.10. The average Bonchev–Trinajstić information content (AvgIpc) is 2.40. The molecule has 0 spiro atoms. The molecule has 2 aromatic rings. The SMILES string of the molecule is Cc1cc(S(=O)(=O)Nc2ccc(F)cn2)ccc1C(N)=S. The first-order chi connectivity index (χ1) is 9.79. The highest BCUT2D eigenvalue weighted by Gasteiger charge is 2.16. The van der Waals surface area contributed by atoms with Crippen molar-refractivity contribution in [3.05, 3.63) is 53.5 Å². The quantitative estimate of drug-likeness (QED) is 0.840. The topological polar surface area (TPSA) is 85.1 Å². The normalized spacial score (nSPS) is 11.1. The van der Waals surface area contributed by atoms with Crippen LogP contribution in [0.5, 0.6) is 0 Å².